The molecular formula is C18H19N3. The van der Waals surface area contributed by atoms with E-state index >= 15 is 0 Å². The summed E-state index contributed by atoms with van der Waals surface area (Å²) in [6.07, 6.45) is 0. The molecule has 106 valence electrons. The molecule has 4 rings (SSSR count). The van der Waals surface area contributed by atoms with Crippen LogP contribution in [0.1, 0.15) is 31.3 Å². The third-order valence-electron chi connectivity index (χ3n) is 4.72. The zero-order valence-electron chi connectivity index (χ0n) is 12.6. The average Bonchev–Trinajstić information content (AvgIpc) is 2.97. The van der Waals surface area contributed by atoms with Crippen molar-refractivity contribution < 1.29 is 0 Å². The van der Waals surface area contributed by atoms with E-state index in [2.05, 4.69) is 67.2 Å². The number of imidazole rings is 1. The highest BCUT2D eigenvalue weighted by molar-refractivity contribution is 5.75. The van der Waals surface area contributed by atoms with Crippen molar-refractivity contribution in [3.05, 3.63) is 59.9 Å². The molecule has 0 fully saturated rings. The largest absolute Gasteiger partial charge is 0.363 e. The van der Waals surface area contributed by atoms with E-state index < -0.39 is 0 Å². The third kappa shape index (κ3) is 1.63. The minimum absolute atomic E-state index is 0.0270. The lowest BCUT2D eigenvalue weighted by Gasteiger charge is -2.30. The highest BCUT2D eigenvalue weighted by atomic mass is 15.2. The molecule has 3 heteroatoms. The van der Waals surface area contributed by atoms with E-state index in [1.165, 1.54) is 11.3 Å². The van der Waals surface area contributed by atoms with Gasteiger partial charge in [0, 0.05) is 18.2 Å². The normalized spacial score (nSPS) is 20.0. The van der Waals surface area contributed by atoms with Crippen LogP contribution in [0.3, 0.4) is 0 Å². The standard InChI is InChI=1S/C18H19N3/c1-18(2)12-8-4-7-11-15(12)21(3)16(18)17-19-13-9-5-6-10-14(13)20-17/h4-11,16H,1-3H3,(H,19,20). The lowest BCUT2D eigenvalue weighted by Crippen LogP contribution is -2.32. The summed E-state index contributed by atoms with van der Waals surface area (Å²) >= 11 is 0. The summed E-state index contributed by atoms with van der Waals surface area (Å²) in [7, 11) is 2.16. The Kier molecular flexibility index (Phi) is 2.43. The van der Waals surface area contributed by atoms with Gasteiger partial charge in [0.25, 0.3) is 0 Å². The van der Waals surface area contributed by atoms with Crippen LogP contribution in [0.15, 0.2) is 48.5 Å². The van der Waals surface area contributed by atoms with E-state index in [-0.39, 0.29) is 11.5 Å². The second-order valence-corrected chi connectivity index (χ2v) is 6.39. The highest BCUT2D eigenvalue weighted by Crippen LogP contribution is 2.51. The van der Waals surface area contributed by atoms with Gasteiger partial charge in [-0.3, -0.25) is 0 Å². The van der Waals surface area contributed by atoms with E-state index in [9.17, 15) is 0 Å². The number of aromatic amines is 1. The molecule has 2 aromatic carbocycles. The lowest BCUT2D eigenvalue weighted by atomic mass is 9.80. The molecule has 1 aliphatic heterocycles. The third-order valence-corrected chi connectivity index (χ3v) is 4.72. The van der Waals surface area contributed by atoms with E-state index in [1.54, 1.807) is 0 Å². The number of fused-ring (bicyclic) bond motifs is 2. The van der Waals surface area contributed by atoms with Crippen LogP contribution in [0.25, 0.3) is 11.0 Å². The van der Waals surface area contributed by atoms with Crippen molar-refractivity contribution >= 4 is 16.7 Å². The summed E-state index contributed by atoms with van der Waals surface area (Å²) in [5.41, 5.74) is 4.85. The molecule has 1 atom stereocenters. The second-order valence-electron chi connectivity index (χ2n) is 6.39. The van der Waals surface area contributed by atoms with E-state index in [1.807, 2.05) is 12.1 Å². The van der Waals surface area contributed by atoms with Crippen LogP contribution < -0.4 is 4.90 Å². The van der Waals surface area contributed by atoms with Gasteiger partial charge in [-0.2, -0.15) is 0 Å². The number of H-pyrrole nitrogens is 1. The summed E-state index contributed by atoms with van der Waals surface area (Å²) < 4.78 is 0. The van der Waals surface area contributed by atoms with Crippen LogP contribution in [0.4, 0.5) is 5.69 Å². The molecule has 1 aromatic heterocycles. The molecule has 0 spiro atoms. The van der Waals surface area contributed by atoms with Crippen molar-refractivity contribution in [1.29, 1.82) is 0 Å². The van der Waals surface area contributed by atoms with Crippen LogP contribution in [-0.4, -0.2) is 17.0 Å². The smallest absolute Gasteiger partial charge is 0.130 e. The Hall–Kier alpha value is -2.29. The SMILES string of the molecule is CN1c2ccccc2C(C)(C)C1c1nc2ccccc2[nH]1. The zero-order valence-corrected chi connectivity index (χ0v) is 12.6. The minimum atomic E-state index is 0.0270. The maximum Gasteiger partial charge on any atom is 0.130 e. The summed E-state index contributed by atoms with van der Waals surface area (Å²) in [6.45, 7) is 4.60. The first-order valence-corrected chi connectivity index (χ1v) is 7.36. The molecule has 21 heavy (non-hydrogen) atoms. The Balaban J connectivity index is 1.89. The molecule has 0 aliphatic carbocycles. The molecule has 0 amide bonds. The quantitative estimate of drug-likeness (QED) is 0.728. The summed E-state index contributed by atoms with van der Waals surface area (Å²) in [6, 6.07) is 17.1. The molecule has 0 bridgehead atoms. The first-order valence-electron chi connectivity index (χ1n) is 7.36. The lowest BCUT2D eigenvalue weighted by molar-refractivity contribution is 0.426. The maximum atomic E-state index is 4.83. The fourth-order valence-corrected chi connectivity index (χ4v) is 3.72. The van der Waals surface area contributed by atoms with Crippen molar-refractivity contribution in [2.45, 2.75) is 25.3 Å². The Morgan fingerprint density at radius 2 is 1.76 bits per heavy atom. The number of hydrogen-bond donors (Lipinski definition) is 1. The molecule has 0 saturated carbocycles. The van der Waals surface area contributed by atoms with Crippen molar-refractivity contribution in [2.24, 2.45) is 0 Å². The van der Waals surface area contributed by atoms with Gasteiger partial charge in [0.15, 0.2) is 0 Å². The molecule has 3 aromatic rings. The van der Waals surface area contributed by atoms with Crippen LogP contribution >= 0.6 is 0 Å². The zero-order chi connectivity index (χ0) is 14.6. The van der Waals surface area contributed by atoms with E-state index in [0.29, 0.717) is 0 Å². The fraction of sp³-hybridized carbons (Fsp3) is 0.278. The Morgan fingerprint density at radius 1 is 1.05 bits per heavy atom. The van der Waals surface area contributed by atoms with Gasteiger partial charge in [0.1, 0.15) is 5.82 Å². The van der Waals surface area contributed by atoms with Crippen LogP contribution in [0, 0.1) is 0 Å². The van der Waals surface area contributed by atoms with Gasteiger partial charge >= 0.3 is 0 Å². The van der Waals surface area contributed by atoms with Gasteiger partial charge in [-0.1, -0.05) is 44.2 Å². The van der Waals surface area contributed by atoms with Crippen molar-refractivity contribution in [3.8, 4) is 0 Å². The van der Waals surface area contributed by atoms with Gasteiger partial charge in [-0.05, 0) is 23.8 Å². The Bertz CT molecular complexity index is 783. The predicted octanol–water partition coefficient (Wildman–Crippen LogP) is 4.03. The Morgan fingerprint density at radius 3 is 2.52 bits per heavy atom. The second kappa shape index (κ2) is 4.10. The van der Waals surface area contributed by atoms with Gasteiger partial charge in [0.05, 0.1) is 17.1 Å². The maximum absolute atomic E-state index is 4.83. The summed E-state index contributed by atoms with van der Waals surface area (Å²) in [4.78, 5) is 10.7. The molecule has 0 radical (unpaired) electrons. The number of benzene rings is 2. The highest BCUT2D eigenvalue weighted by Gasteiger charge is 2.45. The number of nitrogens with one attached hydrogen (secondary N) is 1. The van der Waals surface area contributed by atoms with Gasteiger partial charge < -0.3 is 9.88 Å². The first-order chi connectivity index (χ1) is 10.1. The number of likely N-dealkylation sites (N-methyl/N-ethyl adjacent to an activating group) is 1. The number of hydrogen-bond acceptors (Lipinski definition) is 2. The summed E-state index contributed by atoms with van der Waals surface area (Å²) in [5.74, 6) is 1.04. The van der Waals surface area contributed by atoms with Crippen molar-refractivity contribution in [1.82, 2.24) is 9.97 Å². The van der Waals surface area contributed by atoms with Gasteiger partial charge in [0.2, 0.25) is 0 Å². The first kappa shape index (κ1) is 12.5. The number of aromatic nitrogens is 2. The van der Waals surface area contributed by atoms with Gasteiger partial charge in [-0.25, -0.2) is 4.98 Å². The molecular weight excluding hydrogens is 258 g/mol. The molecule has 1 N–H and O–H groups in total. The number of nitrogens with zero attached hydrogens (tertiary/aromatic N) is 2. The van der Waals surface area contributed by atoms with E-state index in [4.69, 9.17) is 4.98 Å². The number of para-hydroxylation sites is 3. The fourth-order valence-electron chi connectivity index (χ4n) is 3.72. The monoisotopic (exact) mass is 277 g/mol. The topological polar surface area (TPSA) is 31.9 Å². The van der Waals surface area contributed by atoms with Crippen LogP contribution in [0.2, 0.25) is 0 Å². The number of anilines is 1. The average molecular weight is 277 g/mol. The molecule has 1 unspecified atom stereocenters. The van der Waals surface area contributed by atoms with Gasteiger partial charge in [-0.15, -0.1) is 0 Å². The molecule has 0 saturated heterocycles. The molecule has 2 heterocycles. The Labute approximate surface area is 124 Å². The van der Waals surface area contributed by atoms with Crippen molar-refractivity contribution in [3.63, 3.8) is 0 Å². The molecule has 3 nitrogen and oxygen atoms in total. The van der Waals surface area contributed by atoms with Crippen molar-refractivity contribution in [2.75, 3.05) is 11.9 Å². The number of rotatable bonds is 1. The molecule has 1 aliphatic rings. The minimum Gasteiger partial charge on any atom is -0.363 e. The van der Waals surface area contributed by atoms with Crippen LogP contribution in [-0.2, 0) is 5.41 Å². The predicted molar refractivity (Wildman–Crippen MR) is 86.7 cm³/mol. The van der Waals surface area contributed by atoms with E-state index in [0.717, 1.165) is 16.9 Å². The van der Waals surface area contributed by atoms with Crippen LogP contribution in [0.5, 0.6) is 0 Å². The summed E-state index contributed by atoms with van der Waals surface area (Å²) in [5, 5.41) is 0.